The van der Waals surface area contributed by atoms with E-state index in [4.69, 9.17) is 4.74 Å². The van der Waals surface area contributed by atoms with Gasteiger partial charge in [0.25, 0.3) is 0 Å². The smallest absolute Gasteiger partial charge is 0.361 e. The van der Waals surface area contributed by atoms with E-state index in [9.17, 15) is 9.90 Å². The first-order valence-electron chi connectivity index (χ1n) is 7.16. The topological polar surface area (TPSA) is 88.1 Å². The lowest BCUT2D eigenvalue weighted by Crippen LogP contribution is -2.06. The van der Waals surface area contributed by atoms with E-state index in [-0.39, 0.29) is 18.1 Å². The van der Waals surface area contributed by atoms with Gasteiger partial charge >= 0.3 is 5.97 Å². The maximum Gasteiger partial charge on any atom is 0.361 e. The molecule has 1 aromatic heterocycles. The van der Waals surface area contributed by atoms with Crippen molar-refractivity contribution in [3.63, 3.8) is 0 Å². The van der Waals surface area contributed by atoms with Gasteiger partial charge in [0.2, 0.25) is 0 Å². The van der Waals surface area contributed by atoms with Crippen LogP contribution in [0.4, 0.5) is 0 Å². The number of carbonyl (C=O) groups excluding carboxylic acids is 1. The van der Waals surface area contributed by atoms with Crippen molar-refractivity contribution in [2.24, 2.45) is 0 Å². The maximum atomic E-state index is 11.9. The normalized spacial score (nSPS) is 10.5. The maximum absolute atomic E-state index is 11.9. The van der Waals surface area contributed by atoms with Gasteiger partial charge < -0.3 is 9.84 Å². The van der Waals surface area contributed by atoms with Gasteiger partial charge in [-0.05, 0) is 36.2 Å². The highest BCUT2D eigenvalue weighted by Crippen LogP contribution is 2.28. The number of carbonyl (C=O) groups is 1. The summed E-state index contributed by atoms with van der Waals surface area (Å²) < 4.78 is 4.98. The van der Waals surface area contributed by atoms with Crippen LogP contribution in [-0.4, -0.2) is 33.1 Å². The Balaban J connectivity index is 2.01. The van der Waals surface area contributed by atoms with Crippen LogP contribution in [0.2, 0.25) is 0 Å². The molecule has 1 heterocycles. The summed E-state index contributed by atoms with van der Waals surface area (Å²) in [5, 5.41) is 20.0. The average molecular weight is 309 g/mol. The third-order valence-electron chi connectivity index (χ3n) is 3.33. The number of aromatic amines is 1. The molecule has 0 aliphatic heterocycles. The summed E-state index contributed by atoms with van der Waals surface area (Å²) >= 11 is 0. The van der Waals surface area contributed by atoms with Crippen LogP contribution in [0.3, 0.4) is 0 Å². The Morgan fingerprint density at radius 2 is 1.78 bits per heavy atom. The van der Waals surface area contributed by atoms with E-state index in [0.29, 0.717) is 5.69 Å². The fraction of sp³-hybridized carbons (Fsp3) is 0.118. The van der Waals surface area contributed by atoms with Crippen molar-refractivity contribution in [2.45, 2.75) is 6.92 Å². The first-order valence-corrected chi connectivity index (χ1v) is 7.16. The number of rotatable bonds is 4. The van der Waals surface area contributed by atoms with E-state index in [1.807, 2.05) is 30.3 Å². The number of phenols is 1. The predicted molar refractivity (Wildman–Crippen MR) is 84.9 cm³/mol. The minimum Gasteiger partial charge on any atom is -0.508 e. The van der Waals surface area contributed by atoms with Crippen LogP contribution in [0.1, 0.15) is 17.4 Å². The largest absolute Gasteiger partial charge is 0.508 e. The number of esters is 1. The van der Waals surface area contributed by atoms with Crippen molar-refractivity contribution in [3.8, 4) is 28.1 Å². The Morgan fingerprint density at radius 1 is 1.09 bits per heavy atom. The van der Waals surface area contributed by atoms with Crippen LogP contribution in [-0.2, 0) is 4.74 Å². The van der Waals surface area contributed by atoms with Crippen LogP contribution in [0, 0.1) is 0 Å². The molecule has 23 heavy (non-hydrogen) atoms. The number of hydrogen-bond acceptors (Lipinski definition) is 5. The Bertz CT molecular complexity index is 842. The molecular weight excluding hydrogens is 294 g/mol. The number of phenolic OH excluding ortho intramolecular Hbond substituents is 1. The van der Waals surface area contributed by atoms with Crippen molar-refractivity contribution in [1.29, 1.82) is 0 Å². The number of ether oxygens (including phenoxy) is 1. The first kappa shape index (κ1) is 14.8. The molecule has 0 aliphatic carbocycles. The Hall–Kier alpha value is -3.15. The van der Waals surface area contributed by atoms with E-state index >= 15 is 0 Å². The summed E-state index contributed by atoms with van der Waals surface area (Å²) in [7, 11) is 0. The summed E-state index contributed by atoms with van der Waals surface area (Å²) in [6.07, 6.45) is 0. The molecular formula is C17H15N3O3. The molecule has 6 nitrogen and oxygen atoms in total. The predicted octanol–water partition coefficient (Wildman–Crippen LogP) is 3.02. The minimum absolute atomic E-state index is 0.153. The van der Waals surface area contributed by atoms with E-state index < -0.39 is 5.97 Å². The molecule has 2 aromatic carbocycles. The fourth-order valence-corrected chi connectivity index (χ4v) is 2.31. The molecule has 0 spiro atoms. The Kier molecular flexibility index (Phi) is 4.05. The van der Waals surface area contributed by atoms with Gasteiger partial charge in [-0.15, -0.1) is 5.10 Å². The highest BCUT2D eigenvalue weighted by Gasteiger charge is 2.19. The number of nitrogens with zero attached hydrogens (tertiary/aromatic N) is 2. The molecule has 3 aromatic rings. The summed E-state index contributed by atoms with van der Waals surface area (Å²) in [5.41, 5.74) is 3.09. The van der Waals surface area contributed by atoms with Crippen LogP contribution in [0.15, 0.2) is 48.5 Å². The SMILES string of the molecule is CCOC(=O)c1n[nH]nc1-c1cccc(-c2cccc(O)c2)c1. The summed E-state index contributed by atoms with van der Waals surface area (Å²) in [6, 6.07) is 14.5. The van der Waals surface area contributed by atoms with Crippen LogP contribution in [0.5, 0.6) is 5.75 Å². The van der Waals surface area contributed by atoms with Crippen molar-refractivity contribution in [2.75, 3.05) is 6.61 Å². The van der Waals surface area contributed by atoms with Gasteiger partial charge in [-0.2, -0.15) is 10.3 Å². The second kappa shape index (κ2) is 6.31. The number of benzene rings is 2. The second-order valence-electron chi connectivity index (χ2n) is 4.87. The number of aromatic hydroxyl groups is 1. The lowest BCUT2D eigenvalue weighted by molar-refractivity contribution is 0.0520. The molecule has 0 bridgehead atoms. The van der Waals surface area contributed by atoms with Gasteiger partial charge in [0.1, 0.15) is 11.4 Å². The zero-order valence-electron chi connectivity index (χ0n) is 12.5. The zero-order valence-corrected chi connectivity index (χ0v) is 12.5. The molecule has 116 valence electrons. The first-order chi connectivity index (χ1) is 11.2. The monoisotopic (exact) mass is 309 g/mol. The molecule has 3 rings (SSSR count). The van der Waals surface area contributed by atoms with Crippen LogP contribution < -0.4 is 0 Å². The molecule has 0 amide bonds. The van der Waals surface area contributed by atoms with Gasteiger partial charge in [-0.3, -0.25) is 0 Å². The number of nitrogens with one attached hydrogen (secondary N) is 1. The van der Waals surface area contributed by atoms with E-state index in [0.717, 1.165) is 16.7 Å². The molecule has 0 atom stereocenters. The number of aromatic nitrogens is 3. The number of hydrogen-bond donors (Lipinski definition) is 2. The molecule has 2 N–H and O–H groups in total. The fourth-order valence-electron chi connectivity index (χ4n) is 2.31. The third kappa shape index (κ3) is 3.06. The highest BCUT2D eigenvalue weighted by atomic mass is 16.5. The van der Waals surface area contributed by atoms with Crippen molar-refractivity contribution >= 4 is 5.97 Å². The third-order valence-corrected chi connectivity index (χ3v) is 3.33. The van der Waals surface area contributed by atoms with Crippen molar-refractivity contribution in [1.82, 2.24) is 15.4 Å². The Morgan fingerprint density at radius 3 is 2.52 bits per heavy atom. The molecule has 0 unspecified atom stereocenters. The van der Waals surface area contributed by atoms with Gasteiger partial charge in [0.05, 0.1) is 6.61 Å². The molecule has 0 saturated carbocycles. The summed E-state index contributed by atoms with van der Waals surface area (Å²) in [6.45, 7) is 2.01. The van der Waals surface area contributed by atoms with Gasteiger partial charge in [-0.1, -0.05) is 30.3 Å². The zero-order chi connectivity index (χ0) is 16.2. The molecule has 0 aliphatic rings. The van der Waals surface area contributed by atoms with Gasteiger partial charge in [-0.25, -0.2) is 4.79 Å². The molecule has 0 saturated heterocycles. The van der Waals surface area contributed by atoms with Crippen LogP contribution in [0.25, 0.3) is 22.4 Å². The summed E-state index contributed by atoms with van der Waals surface area (Å²) in [4.78, 5) is 11.9. The summed E-state index contributed by atoms with van der Waals surface area (Å²) in [5.74, 6) is -0.319. The van der Waals surface area contributed by atoms with E-state index in [1.165, 1.54) is 0 Å². The van der Waals surface area contributed by atoms with E-state index in [2.05, 4.69) is 15.4 Å². The highest BCUT2D eigenvalue weighted by molar-refractivity contribution is 5.94. The minimum atomic E-state index is -0.515. The van der Waals surface area contributed by atoms with E-state index in [1.54, 1.807) is 25.1 Å². The second-order valence-corrected chi connectivity index (χ2v) is 4.87. The quantitative estimate of drug-likeness (QED) is 0.723. The van der Waals surface area contributed by atoms with Gasteiger partial charge in [0, 0.05) is 5.56 Å². The molecule has 0 radical (unpaired) electrons. The lowest BCUT2D eigenvalue weighted by atomic mass is 10.0. The molecule has 6 heteroatoms. The molecule has 0 fully saturated rings. The van der Waals surface area contributed by atoms with Crippen molar-refractivity contribution in [3.05, 3.63) is 54.2 Å². The van der Waals surface area contributed by atoms with Crippen LogP contribution >= 0.6 is 0 Å². The average Bonchev–Trinajstić information content (AvgIpc) is 3.05. The lowest BCUT2D eigenvalue weighted by Gasteiger charge is -2.05. The Labute approximate surface area is 132 Å². The van der Waals surface area contributed by atoms with Gasteiger partial charge in [0.15, 0.2) is 5.69 Å². The van der Waals surface area contributed by atoms with Crippen molar-refractivity contribution < 1.29 is 14.6 Å². The number of H-pyrrole nitrogens is 1. The standard InChI is InChI=1S/C17H15N3O3/c1-2-23-17(22)16-15(18-20-19-16)13-7-3-5-11(9-13)12-6-4-8-14(21)10-12/h3-10,21H,2H2,1H3,(H,18,19,20).